The van der Waals surface area contributed by atoms with Gasteiger partial charge in [0.05, 0.1) is 29.0 Å². The van der Waals surface area contributed by atoms with E-state index in [1.807, 2.05) is 12.3 Å². The zero-order valence-electron chi connectivity index (χ0n) is 19.6. The SMILES string of the molecule is C=CCc1ccc(-c2cnc3cc(/C=C/CCCC(C)OCCCCC)ccc3n2)cc1. The van der Waals surface area contributed by atoms with E-state index in [0.29, 0.717) is 6.10 Å². The highest BCUT2D eigenvalue weighted by Crippen LogP contribution is 2.21. The largest absolute Gasteiger partial charge is 0.379 e. The molecule has 2 aromatic carbocycles. The van der Waals surface area contributed by atoms with Crippen LogP contribution in [0.2, 0.25) is 0 Å². The summed E-state index contributed by atoms with van der Waals surface area (Å²) in [6.07, 6.45) is 16.4. The Morgan fingerprint density at radius 3 is 2.66 bits per heavy atom. The second kappa shape index (κ2) is 12.9. The van der Waals surface area contributed by atoms with Crippen LogP contribution in [0.25, 0.3) is 28.4 Å². The first-order valence-corrected chi connectivity index (χ1v) is 11.9. The van der Waals surface area contributed by atoms with Crippen LogP contribution in [-0.4, -0.2) is 22.7 Å². The van der Waals surface area contributed by atoms with E-state index in [-0.39, 0.29) is 0 Å². The van der Waals surface area contributed by atoms with Crippen LogP contribution in [0, 0.1) is 0 Å². The number of aromatic nitrogens is 2. The van der Waals surface area contributed by atoms with Crippen molar-refractivity contribution in [1.82, 2.24) is 9.97 Å². The molecule has 32 heavy (non-hydrogen) atoms. The molecule has 0 aliphatic rings. The van der Waals surface area contributed by atoms with Crippen molar-refractivity contribution < 1.29 is 4.74 Å². The average Bonchev–Trinajstić information content (AvgIpc) is 2.82. The van der Waals surface area contributed by atoms with E-state index in [0.717, 1.165) is 60.1 Å². The standard InChI is InChI=1S/C29H36N2O/c1-4-6-10-20-32-23(3)12-8-7-9-13-25-16-19-27-28(21-25)30-22-29(31-27)26-17-14-24(11-5-2)15-18-26/h5,9,13-19,21-23H,2,4,6-8,10-12,20H2,1,3H3/b13-9+. The Hall–Kier alpha value is -2.78. The first kappa shape index (κ1) is 23.9. The lowest BCUT2D eigenvalue weighted by atomic mass is 10.1. The highest BCUT2D eigenvalue weighted by molar-refractivity contribution is 5.79. The third-order valence-electron chi connectivity index (χ3n) is 5.64. The number of benzene rings is 2. The Bertz CT molecular complexity index is 1010. The first-order chi connectivity index (χ1) is 15.7. The van der Waals surface area contributed by atoms with Gasteiger partial charge in [-0.2, -0.15) is 0 Å². The summed E-state index contributed by atoms with van der Waals surface area (Å²) in [5.74, 6) is 0. The highest BCUT2D eigenvalue weighted by Gasteiger charge is 2.04. The fourth-order valence-electron chi connectivity index (χ4n) is 3.71. The lowest BCUT2D eigenvalue weighted by molar-refractivity contribution is 0.0566. The number of rotatable bonds is 13. The van der Waals surface area contributed by atoms with E-state index in [1.165, 1.54) is 24.8 Å². The monoisotopic (exact) mass is 428 g/mol. The summed E-state index contributed by atoms with van der Waals surface area (Å²) in [6.45, 7) is 9.09. The molecule has 0 saturated heterocycles. The molecule has 0 radical (unpaired) electrons. The summed E-state index contributed by atoms with van der Waals surface area (Å²) in [7, 11) is 0. The minimum atomic E-state index is 0.351. The number of ether oxygens (including phenoxy) is 1. The second-order valence-electron chi connectivity index (χ2n) is 8.41. The lowest BCUT2D eigenvalue weighted by Gasteiger charge is -2.12. The smallest absolute Gasteiger partial charge is 0.0894 e. The molecule has 0 spiro atoms. The average molecular weight is 429 g/mol. The minimum absolute atomic E-state index is 0.351. The van der Waals surface area contributed by atoms with Crippen LogP contribution in [0.15, 0.2) is 67.4 Å². The van der Waals surface area contributed by atoms with E-state index >= 15 is 0 Å². The van der Waals surface area contributed by atoms with Gasteiger partial charge in [-0.1, -0.05) is 68.3 Å². The summed E-state index contributed by atoms with van der Waals surface area (Å²) < 4.78 is 5.87. The van der Waals surface area contributed by atoms with Crippen molar-refractivity contribution in [2.24, 2.45) is 0 Å². The molecule has 1 aromatic heterocycles. The van der Waals surface area contributed by atoms with Gasteiger partial charge in [-0.15, -0.1) is 6.58 Å². The Balaban J connectivity index is 1.52. The quantitative estimate of drug-likeness (QED) is 0.206. The van der Waals surface area contributed by atoms with Crippen LogP contribution in [0.5, 0.6) is 0 Å². The minimum Gasteiger partial charge on any atom is -0.379 e. The number of nitrogens with zero attached hydrogens (tertiary/aromatic N) is 2. The van der Waals surface area contributed by atoms with Crippen LogP contribution < -0.4 is 0 Å². The van der Waals surface area contributed by atoms with Crippen LogP contribution in [0.4, 0.5) is 0 Å². The predicted octanol–water partition coefficient (Wildman–Crippen LogP) is 7.80. The molecule has 1 heterocycles. The molecule has 0 saturated carbocycles. The Labute approximate surface area is 193 Å². The van der Waals surface area contributed by atoms with Crippen LogP contribution >= 0.6 is 0 Å². The van der Waals surface area contributed by atoms with Crippen molar-refractivity contribution in [3.63, 3.8) is 0 Å². The van der Waals surface area contributed by atoms with Gasteiger partial charge < -0.3 is 4.74 Å². The number of hydrogen-bond acceptors (Lipinski definition) is 3. The molecule has 3 nitrogen and oxygen atoms in total. The molecule has 0 amide bonds. The summed E-state index contributed by atoms with van der Waals surface area (Å²) in [5.41, 5.74) is 6.24. The van der Waals surface area contributed by atoms with E-state index in [9.17, 15) is 0 Å². The molecule has 3 aromatic rings. The Kier molecular flexibility index (Phi) is 9.64. The molecule has 1 atom stereocenters. The molecule has 0 bridgehead atoms. The maximum Gasteiger partial charge on any atom is 0.0894 e. The molecule has 3 heteroatoms. The van der Waals surface area contributed by atoms with E-state index in [1.54, 1.807) is 0 Å². The van der Waals surface area contributed by atoms with E-state index < -0.39 is 0 Å². The van der Waals surface area contributed by atoms with Gasteiger partial charge in [0.15, 0.2) is 0 Å². The number of allylic oxidation sites excluding steroid dienone is 2. The van der Waals surface area contributed by atoms with Gasteiger partial charge in [0.2, 0.25) is 0 Å². The van der Waals surface area contributed by atoms with Gasteiger partial charge in [0.1, 0.15) is 0 Å². The maximum atomic E-state index is 5.87. The fraction of sp³-hybridized carbons (Fsp3) is 0.379. The van der Waals surface area contributed by atoms with Crippen molar-refractivity contribution in [2.75, 3.05) is 6.61 Å². The fourth-order valence-corrected chi connectivity index (χ4v) is 3.71. The third kappa shape index (κ3) is 7.42. The van der Waals surface area contributed by atoms with Crippen molar-refractivity contribution in [2.45, 2.75) is 64.9 Å². The zero-order chi connectivity index (χ0) is 22.6. The molecular weight excluding hydrogens is 392 g/mol. The number of hydrogen-bond donors (Lipinski definition) is 0. The molecule has 0 aliphatic heterocycles. The molecular formula is C29H36N2O. The van der Waals surface area contributed by atoms with E-state index in [4.69, 9.17) is 9.72 Å². The molecule has 0 fully saturated rings. The first-order valence-electron chi connectivity index (χ1n) is 11.9. The third-order valence-corrected chi connectivity index (χ3v) is 5.64. The topological polar surface area (TPSA) is 35.0 Å². The van der Waals surface area contributed by atoms with Crippen molar-refractivity contribution in [1.29, 1.82) is 0 Å². The molecule has 3 rings (SSSR count). The van der Waals surface area contributed by atoms with Crippen LogP contribution in [-0.2, 0) is 11.2 Å². The van der Waals surface area contributed by atoms with Crippen molar-refractivity contribution in [3.05, 3.63) is 78.5 Å². The van der Waals surface area contributed by atoms with Gasteiger partial charge in [-0.3, -0.25) is 4.98 Å². The van der Waals surface area contributed by atoms with Gasteiger partial charge >= 0.3 is 0 Å². The van der Waals surface area contributed by atoms with Gasteiger partial charge in [-0.25, -0.2) is 4.98 Å². The van der Waals surface area contributed by atoms with Crippen LogP contribution in [0.3, 0.4) is 0 Å². The predicted molar refractivity (Wildman–Crippen MR) is 137 cm³/mol. The summed E-state index contributed by atoms with van der Waals surface area (Å²) in [6, 6.07) is 14.7. The summed E-state index contributed by atoms with van der Waals surface area (Å²) >= 11 is 0. The van der Waals surface area contributed by atoms with Crippen molar-refractivity contribution >= 4 is 17.1 Å². The zero-order valence-corrected chi connectivity index (χ0v) is 19.6. The summed E-state index contributed by atoms with van der Waals surface area (Å²) in [5, 5.41) is 0. The molecule has 0 aliphatic carbocycles. The van der Waals surface area contributed by atoms with Crippen molar-refractivity contribution in [3.8, 4) is 11.3 Å². The maximum absolute atomic E-state index is 5.87. The molecule has 1 unspecified atom stereocenters. The molecule has 0 N–H and O–H groups in total. The summed E-state index contributed by atoms with van der Waals surface area (Å²) in [4.78, 5) is 9.46. The number of unbranched alkanes of at least 4 members (excludes halogenated alkanes) is 3. The highest BCUT2D eigenvalue weighted by atomic mass is 16.5. The molecule has 168 valence electrons. The van der Waals surface area contributed by atoms with Crippen LogP contribution in [0.1, 0.15) is 63.5 Å². The lowest BCUT2D eigenvalue weighted by Crippen LogP contribution is -2.08. The second-order valence-corrected chi connectivity index (χ2v) is 8.41. The normalized spacial score (nSPS) is 12.4. The van der Waals surface area contributed by atoms with E-state index in [2.05, 4.69) is 80.0 Å². The van der Waals surface area contributed by atoms with Gasteiger partial charge in [0.25, 0.3) is 0 Å². The van der Waals surface area contributed by atoms with Gasteiger partial charge in [0, 0.05) is 12.2 Å². The Morgan fingerprint density at radius 1 is 1.03 bits per heavy atom. The number of fused-ring (bicyclic) bond motifs is 1. The Morgan fingerprint density at radius 2 is 1.88 bits per heavy atom. The van der Waals surface area contributed by atoms with Gasteiger partial charge in [-0.05, 0) is 62.3 Å².